The van der Waals surface area contributed by atoms with E-state index in [0.29, 0.717) is 12.5 Å². The Morgan fingerprint density at radius 2 is 2.15 bits per heavy atom. The third-order valence-corrected chi connectivity index (χ3v) is 4.34. The molecule has 0 spiro atoms. The van der Waals surface area contributed by atoms with Gasteiger partial charge in [-0.15, -0.1) is 0 Å². The zero-order valence-electron chi connectivity index (χ0n) is 11.4. The van der Waals surface area contributed by atoms with E-state index in [1.54, 1.807) is 0 Å². The maximum absolute atomic E-state index is 6.02. The number of aliphatic imine (C=N–C) groups is 1. The molecular weight excluding hydrogens is 270 g/mol. The lowest BCUT2D eigenvalue weighted by atomic mass is 10.3. The molecule has 0 unspecified atom stereocenters. The Kier molecular flexibility index (Phi) is 4.11. The Labute approximate surface area is 122 Å². The van der Waals surface area contributed by atoms with Gasteiger partial charge in [-0.05, 0) is 12.1 Å². The molecule has 3 N–H and O–H groups in total. The Morgan fingerprint density at radius 1 is 1.35 bits per heavy atom. The Bertz CT molecular complexity index is 567. The molecule has 1 aliphatic rings. The second kappa shape index (κ2) is 6.17. The number of thioether (sulfide) groups is 1. The molecular formula is C14H19N5S. The number of imidazole rings is 1. The van der Waals surface area contributed by atoms with Crippen molar-refractivity contribution in [1.82, 2.24) is 14.9 Å². The van der Waals surface area contributed by atoms with Crippen molar-refractivity contribution in [3.05, 3.63) is 30.1 Å². The molecule has 0 amide bonds. The van der Waals surface area contributed by atoms with Gasteiger partial charge < -0.3 is 15.6 Å². The van der Waals surface area contributed by atoms with Gasteiger partial charge >= 0.3 is 0 Å². The normalized spacial score (nSPS) is 16.8. The third kappa shape index (κ3) is 3.07. The van der Waals surface area contributed by atoms with Crippen molar-refractivity contribution in [3.63, 3.8) is 0 Å². The van der Waals surface area contributed by atoms with Gasteiger partial charge in [0.25, 0.3) is 0 Å². The van der Waals surface area contributed by atoms with Crippen LogP contribution in [0.5, 0.6) is 0 Å². The minimum atomic E-state index is 0.668. The first-order valence-corrected chi connectivity index (χ1v) is 8.04. The van der Waals surface area contributed by atoms with E-state index in [1.807, 2.05) is 36.0 Å². The molecule has 0 bridgehead atoms. The van der Waals surface area contributed by atoms with Crippen LogP contribution in [0.1, 0.15) is 5.82 Å². The van der Waals surface area contributed by atoms with Gasteiger partial charge in [-0.1, -0.05) is 12.1 Å². The zero-order valence-corrected chi connectivity index (χ0v) is 12.2. The molecule has 106 valence electrons. The van der Waals surface area contributed by atoms with Crippen molar-refractivity contribution in [1.29, 1.82) is 0 Å². The van der Waals surface area contributed by atoms with Crippen LogP contribution < -0.4 is 5.73 Å². The molecule has 1 aromatic carbocycles. The van der Waals surface area contributed by atoms with Gasteiger partial charge in [0.15, 0.2) is 5.96 Å². The summed E-state index contributed by atoms with van der Waals surface area (Å²) in [5, 5.41) is 0. The molecule has 1 aromatic heterocycles. The zero-order chi connectivity index (χ0) is 13.8. The summed E-state index contributed by atoms with van der Waals surface area (Å²) in [5.41, 5.74) is 8.11. The summed E-state index contributed by atoms with van der Waals surface area (Å²) in [6.45, 7) is 2.69. The number of hydrogen-bond acceptors (Lipinski definition) is 3. The van der Waals surface area contributed by atoms with Crippen molar-refractivity contribution < 1.29 is 0 Å². The molecule has 2 heterocycles. The molecule has 1 fully saturated rings. The van der Waals surface area contributed by atoms with Gasteiger partial charge in [0.1, 0.15) is 5.82 Å². The van der Waals surface area contributed by atoms with Gasteiger partial charge in [-0.2, -0.15) is 11.8 Å². The molecule has 20 heavy (non-hydrogen) atoms. The van der Waals surface area contributed by atoms with E-state index in [-0.39, 0.29) is 0 Å². The number of aromatic nitrogens is 2. The monoisotopic (exact) mass is 289 g/mol. The van der Waals surface area contributed by atoms with Crippen LogP contribution in [0, 0.1) is 0 Å². The average Bonchev–Trinajstić information content (AvgIpc) is 2.90. The van der Waals surface area contributed by atoms with E-state index in [0.717, 1.165) is 47.9 Å². The molecule has 6 heteroatoms. The number of nitrogens with two attached hydrogens (primary N) is 1. The fourth-order valence-electron chi connectivity index (χ4n) is 2.29. The highest BCUT2D eigenvalue weighted by molar-refractivity contribution is 7.99. The van der Waals surface area contributed by atoms with Crippen molar-refractivity contribution >= 4 is 28.8 Å². The van der Waals surface area contributed by atoms with Gasteiger partial charge in [0.2, 0.25) is 0 Å². The second-order valence-corrected chi connectivity index (χ2v) is 6.01. The number of H-pyrrole nitrogens is 1. The summed E-state index contributed by atoms with van der Waals surface area (Å²) in [7, 11) is 0. The summed E-state index contributed by atoms with van der Waals surface area (Å²) in [6.07, 6.45) is 0.790. The lowest BCUT2D eigenvalue weighted by Gasteiger charge is -2.27. The number of aromatic amines is 1. The highest BCUT2D eigenvalue weighted by atomic mass is 32.2. The number of rotatable bonds is 3. The number of guanidine groups is 1. The fraction of sp³-hybridized carbons (Fsp3) is 0.429. The minimum absolute atomic E-state index is 0.668. The number of nitrogens with one attached hydrogen (secondary N) is 1. The first-order valence-electron chi connectivity index (χ1n) is 6.89. The summed E-state index contributed by atoms with van der Waals surface area (Å²) in [6, 6.07) is 8.06. The largest absolute Gasteiger partial charge is 0.370 e. The van der Waals surface area contributed by atoms with Crippen LogP contribution in [0.25, 0.3) is 11.0 Å². The van der Waals surface area contributed by atoms with Crippen LogP contribution in [0.2, 0.25) is 0 Å². The van der Waals surface area contributed by atoms with Crippen LogP contribution in [0.3, 0.4) is 0 Å². The van der Waals surface area contributed by atoms with Gasteiger partial charge in [-0.25, -0.2) is 4.98 Å². The summed E-state index contributed by atoms with van der Waals surface area (Å²) < 4.78 is 0. The highest BCUT2D eigenvalue weighted by Crippen LogP contribution is 2.11. The van der Waals surface area contributed by atoms with Crippen LogP contribution in [-0.4, -0.2) is 52.0 Å². The number of hydrogen-bond donors (Lipinski definition) is 2. The lowest BCUT2D eigenvalue weighted by Crippen LogP contribution is -2.42. The average molecular weight is 289 g/mol. The first-order chi connectivity index (χ1) is 9.83. The smallest absolute Gasteiger partial charge is 0.191 e. The van der Waals surface area contributed by atoms with Crippen molar-refractivity contribution in [2.45, 2.75) is 6.42 Å². The van der Waals surface area contributed by atoms with Gasteiger partial charge in [0.05, 0.1) is 11.0 Å². The van der Waals surface area contributed by atoms with Crippen molar-refractivity contribution in [2.24, 2.45) is 10.7 Å². The van der Waals surface area contributed by atoms with E-state index in [4.69, 9.17) is 5.73 Å². The molecule has 3 rings (SSSR count). The molecule has 1 aliphatic heterocycles. The molecule has 2 aromatic rings. The van der Waals surface area contributed by atoms with E-state index in [2.05, 4.69) is 19.9 Å². The van der Waals surface area contributed by atoms with Crippen molar-refractivity contribution in [3.8, 4) is 0 Å². The SMILES string of the molecule is NC(=NCCc1nc2ccccc2[nH]1)N1CCSCC1. The van der Waals surface area contributed by atoms with E-state index in [9.17, 15) is 0 Å². The summed E-state index contributed by atoms with van der Waals surface area (Å²) in [4.78, 5) is 14.5. The minimum Gasteiger partial charge on any atom is -0.370 e. The maximum Gasteiger partial charge on any atom is 0.191 e. The summed E-state index contributed by atoms with van der Waals surface area (Å²) >= 11 is 1.97. The van der Waals surface area contributed by atoms with Crippen molar-refractivity contribution in [2.75, 3.05) is 31.1 Å². The number of nitrogens with zero attached hydrogens (tertiary/aromatic N) is 3. The van der Waals surface area contributed by atoms with E-state index < -0.39 is 0 Å². The molecule has 0 radical (unpaired) electrons. The Balaban J connectivity index is 1.58. The number of fused-ring (bicyclic) bond motifs is 1. The standard InChI is InChI=1S/C14H19N5S/c15-14(19-7-9-20-10-8-19)16-6-5-13-17-11-3-1-2-4-12(11)18-13/h1-4H,5-10H2,(H2,15,16)(H,17,18). The van der Waals surface area contributed by atoms with Crippen LogP contribution in [0.15, 0.2) is 29.3 Å². The molecule has 0 atom stereocenters. The maximum atomic E-state index is 6.02. The molecule has 5 nitrogen and oxygen atoms in total. The first kappa shape index (κ1) is 13.3. The summed E-state index contributed by atoms with van der Waals surface area (Å²) in [5.74, 6) is 3.91. The fourth-order valence-corrected chi connectivity index (χ4v) is 3.20. The van der Waals surface area contributed by atoms with Crippen LogP contribution >= 0.6 is 11.8 Å². The molecule has 0 saturated carbocycles. The quantitative estimate of drug-likeness (QED) is 0.663. The van der Waals surface area contributed by atoms with Gasteiger partial charge in [-0.3, -0.25) is 4.99 Å². The Hall–Kier alpha value is -1.69. The lowest BCUT2D eigenvalue weighted by molar-refractivity contribution is 0.456. The number of benzene rings is 1. The second-order valence-electron chi connectivity index (χ2n) is 4.79. The van der Waals surface area contributed by atoms with E-state index >= 15 is 0 Å². The number of para-hydroxylation sites is 2. The molecule has 1 saturated heterocycles. The predicted octanol–water partition coefficient (Wildman–Crippen LogP) is 1.47. The third-order valence-electron chi connectivity index (χ3n) is 3.40. The molecule has 0 aliphatic carbocycles. The van der Waals surface area contributed by atoms with Gasteiger partial charge in [0, 0.05) is 37.6 Å². The van der Waals surface area contributed by atoms with Crippen LogP contribution in [-0.2, 0) is 6.42 Å². The Morgan fingerprint density at radius 3 is 2.95 bits per heavy atom. The van der Waals surface area contributed by atoms with E-state index in [1.165, 1.54) is 0 Å². The highest BCUT2D eigenvalue weighted by Gasteiger charge is 2.11. The predicted molar refractivity (Wildman–Crippen MR) is 85.2 cm³/mol. The van der Waals surface area contributed by atoms with Crippen LogP contribution in [0.4, 0.5) is 0 Å². The topological polar surface area (TPSA) is 70.3 Å².